The molecule has 0 saturated carbocycles. The first-order valence-electron chi connectivity index (χ1n) is 5.90. The van der Waals surface area contributed by atoms with Crippen LogP contribution in [0.3, 0.4) is 0 Å². The molecule has 0 amide bonds. The Bertz CT molecular complexity index is 499. The molecule has 1 atom stereocenters. The highest BCUT2D eigenvalue weighted by Gasteiger charge is 2.15. The smallest absolute Gasteiger partial charge is 0.0935 e. The van der Waals surface area contributed by atoms with Crippen LogP contribution in [0.15, 0.2) is 45.7 Å². The van der Waals surface area contributed by atoms with E-state index in [2.05, 4.69) is 69.0 Å². The molecule has 0 aliphatic heterocycles. The predicted octanol–water partition coefficient (Wildman–Crippen LogP) is 4.54. The number of benzene rings is 1. The molecule has 1 unspecified atom stereocenters. The molecule has 0 bridgehead atoms. The zero-order valence-corrected chi connectivity index (χ0v) is 13.9. The largest absolute Gasteiger partial charge is 0.472 e. The fourth-order valence-corrected chi connectivity index (χ4v) is 3.05. The van der Waals surface area contributed by atoms with E-state index in [4.69, 9.17) is 4.42 Å². The number of rotatable bonds is 5. The van der Waals surface area contributed by atoms with Crippen molar-refractivity contribution < 1.29 is 4.42 Å². The van der Waals surface area contributed by atoms with E-state index in [0.717, 1.165) is 17.4 Å². The fraction of sp³-hybridized carbons (Fsp3) is 0.286. The van der Waals surface area contributed by atoms with Gasteiger partial charge in [0.2, 0.25) is 0 Å². The van der Waals surface area contributed by atoms with Gasteiger partial charge in [-0.2, -0.15) is 0 Å². The number of furan rings is 1. The van der Waals surface area contributed by atoms with Crippen molar-refractivity contribution in [3.05, 3.63) is 56.0 Å². The van der Waals surface area contributed by atoms with E-state index in [-0.39, 0.29) is 0 Å². The highest BCUT2D eigenvalue weighted by atomic mass is 127. The topological polar surface area (TPSA) is 25.2 Å². The van der Waals surface area contributed by atoms with Gasteiger partial charge in [-0.3, -0.25) is 0 Å². The van der Waals surface area contributed by atoms with Crippen molar-refractivity contribution in [3.8, 4) is 0 Å². The van der Waals surface area contributed by atoms with E-state index >= 15 is 0 Å². The highest BCUT2D eigenvalue weighted by molar-refractivity contribution is 14.1. The van der Waals surface area contributed by atoms with Crippen molar-refractivity contribution in [1.29, 1.82) is 0 Å². The molecule has 0 aliphatic carbocycles. The summed E-state index contributed by atoms with van der Waals surface area (Å²) in [5.41, 5.74) is 2.55. The van der Waals surface area contributed by atoms with Crippen LogP contribution in [0.1, 0.15) is 24.1 Å². The summed E-state index contributed by atoms with van der Waals surface area (Å²) in [4.78, 5) is 0. The van der Waals surface area contributed by atoms with Gasteiger partial charge in [0, 0.05) is 14.1 Å². The van der Waals surface area contributed by atoms with Gasteiger partial charge in [0.15, 0.2) is 0 Å². The number of hydrogen-bond acceptors (Lipinski definition) is 2. The van der Waals surface area contributed by atoms with Crippen molar-refractivity contribution in [2.45, 2.75) is 19.4 Å². The normalized spacial score (nSPS) is 12.6. The molecule has 0 radical (unpaired) electrons. The van der Waals surface area contributed by atoms with E-state index in [1.807, 2.05) is 12.3 Å². The summed E-state index contributed by atoms with van der Waals surface area (Å²) in [6, 6.07) is 8.74. The van der Waals surface area contributed by atoms with Crippen molar-refractivity contribution in [3.63, 3.8) is 0 Å². The number of hydrogen-bond donors (Lipinski definition) is 1. The van der Waals surface area contributed by atoms with Crippen LogP contribution in [0.5, 0.6) is 0 Å². The molecule has 0 spiro atoms. The fourth-order valence-electron chi connectivity index (χ4n) is 1.96. The minimum absolute atomic E-state index is 0.317. The monoisotopic (exact) mass is 419 g/mol. The van der Waals surface area contributed by atoms with E-state index in [0.29, 0.717) is 6.04 Å². The van der Waals surface area contributed by atoms with Crippen LogP contribution in [0.25, 0.3) is 0 Å². The number of nitrogens with one attached hydrogen (secondary N) is 1. The molecule has 0 saturated heterocycles. The lowest BCUT2D eigenvalue weighted by atomic mass is 10.0. The van der Waals surface area contributed by atoms with Crippen LogP contribution in [0.2, 0.25) is 0 Å². The lowest BCUT2D eigenvalue weighted by molar-refractivity contribution is 0.533. The Labute approximate surface area is 129 Å². The van der Waals surface area contributed by atoms with Crippen molar-refractivity contribution >= 4 is 38.5 Å². The standard InChI is InChI=1S/C14H15BrINO/c1-2-17-14(7-10-5-6-18-9-10)12-8-11(15)3-4-13(12)16/h3-6,8-9,14,17H,2,7H2,1H3. The third kappa shape index (κ3) is 3.59. The van der Waals surface area contributed by atoms with Gasteiger partial charge in [0.05, 0.1) is 12.5 Å². The zero-order chi connectivity index (χ0) is 13.0. The summed E-state index contributed by atoms with van der Waals surface area (Å²) in [6.45, 7) is 3.08. The van der Waals surface area contributed by atoms with Crippen LogP contribution < -0.4 is 5.32 Å². The average molecular weight is 420 g/mol. The maximum atomic E-state index is 5.14. The van der Waals surface area contributed by atoms with Gasteiger partial charge < -0.3 is 9.73 Å². The third-order valence-electron chi connectivity index (χ3n) is 2.80. The summed E-state index contributed by atoms with van der Waals surface area (Å²) in [5, 5.41) is 3.54. The molecule has 96 valence electrons. The van der Waals surface area contributed by atoms with E-state index in [1.54, 1.807) is 6.26 Å². The van der Waals surface area contributed by atoms with Crippen LogP contribution in [-0.2, 0) is 6.42 Å². The van der Waals surface area contributed by atoms with Crippen LogP contribution >= 0.6 is 38.5 Å². The first kappa shape index (κ1) is 14.1. The molecule has 0 aliphatic rings. The van der Waals surface area contributed by atoms with Crippen LogP contribution in [0.4, 0.5) is 0 Å². The van der Waals surface area contributed by atoms with E-state index < -0.39 is 0 Å². The van der Waals surface area contributed by atoms with Gasteiger partial charge in [-0.1, -0.05) is 22.9 Å². The Balaban J connectivity index is 2.26. The quantitative estimate of drug-likeness (QED) is 0.719. The number of halogens is 2. The van der Waals surface area contributed by atoms with Gasteiger partial charge >= 0.3 is 0 Å². The molecule has 1 heterocycles. The molecular formula is C14H15BrINO. The second-order valence-corrected chi connectivity index (χ2v) is 6.19. The predicted molar refractivity (Wildman–Crippen MR) is 85.7 cm³/mol. The molecule has 4 heteroatoms. The van der Waals surface area contributed by atoms with E-state index in [9.17, 15) is 0 Å². The maximum absolute atomic E-state index is 5.14. The lowest BCUT2D eigenvalue weighted by Gasteiger charge is -2.19. The SMILES string of the molecule is CCNC(Cc1ccoc1)c1cc(Br)ccc1I. The molecule has 18 heavy (non-hydrogen) atoms. The first-order valence-corrected chi connectivity index (χ1v) is 7.77. The minimum Gasteiger partial charge on any atom is -0.472 e. The van der Waals surface area contributed by atoms with Gasteiger partial charge in [-0.05, 0) is 70.9 Å². The highest BCUT2D eigenvalue weighted by Crippen LogP contribution is 2.26. The van der Waals surface area contributed by atoms with Crippen LogP contribution in [0, 0.1) is 3.57 Å². The van der Waals surface area contributed by atoms with Crippen molar-refractivity contribution in [2.75, 3.05) is 6.54 Å². The van der Waals surface area contributed by atoms with Gasteiger partial charge in [-0.15, -0.1) is 0 Å². The van der Waals surface area contributed by atoms with E-state index in [1.165, 1.54) is 14.7 Å². The van der Waals surface area contributed by atoms with Gasteiger partial charge in [-0.25, -0.2) is 0 Å². The molecule has 1 aromatic carbocycles. The van der Waals surface area contributed by atoms with Gasteiger partial charge in [0.1, 0.15) is 0 Å². The molecule has 1 N–H and O–H groups in total. The Morgan fingerprint density at radius 3 is 2.89 bits per heavy atom. The summed E-state index contributed by atoms with van der Waals surface area (Å²) >= 11 is 5.93. The minimum atomic E-state index is 0.317. The lowest BCUT2D eigenvalue weighted by Crippen LogP contribution is -2.23. The second-order valence-electron chi connectivity index (χ2n) is 4.11. The Hall–Kier alpha value is -0.330. The summed E-state index contributed by atoms with van der Waals surface area (Å²) in [6.07, 6.45) is 4.48. The Morgan fingerprint density at radius 2 is 2.22 bits per heavy atom. The summed E-state index contributed by atoms with van der Waals surface area (Å²) in [7, 11) is 0. The average Bonchev–Trinajstić information content (AvgIpc) is 2.85. The zero-order valence-electron chi connectivity index (χ0n) is 10.1. The Morgan fingerprint density at radius 1 is 1.39 bits per heavy atom. The molecule has 2 nitrogen and oxygen atoms in total. The number of likely N-dealkylation sites (N-methyl/N-ethyl adjacent to an activating group) is 1. The molecule has 2 rings (SSSR count). The third-order valence-corrected chi connectivity index (χ3v) is 4.28. The summed E-state index contributed by atoms with van der Waals surface area (Å²) in [5.74, 6) is 0. The summed E-state index contributed by atoms with van der Waals surface area (Å²) < 4.78 is 7.55. The molecule has 1 aromatic heterocycles. The first-order chi connectivity index (χ1) is 8.70. The molecule has 0 fully saturated rings. The molecule has 2 aromatic rings. The van der Waals surface area contributed by atoms with Crippen molar-refractivity contribution in [2.24, 2.45) is 0 Å². The second kappa shape index (κ2) is 6.73. The van der Waals surface area contributed by atoms with Gasteiger partial charge in [0.25, 0.3) is 0 Å². The Kier molecular flexibility index (Phi) is 5.26. The maximum Gasteiger partial charge on any atom is 0.0935 e. The van der Waals surface area contributed by atoms with Crippen LogP contribution in [-0.4, -0.2) is 6.54 Å². The molecular weight excluding hydrogens is 405 g/mol. The van der Waals surface area contributed by atoms with Crippen molar-refractivity contribution in [1.82, 2.24) is 5.32 Å².